The van der Waals surface area contributed by atoms with Crippen molar-refractivity contribution in [2.75, 3.05) is 0 Å². The highest BCUT2D eigenvalue weighted by Crippen LogP contribution is 2.28. The van der Waals surface area contributed by atoms with E-state index in [1.807, 2.05) is 22.9 Å². The zero-order valence-electron chi connectivity index (χ0n) is 11.6. The maximum atomic E-state index is 13.1. The Morgan fingerprint density at radius 3 is 2.59 bits per heavy atom. The van der Waals surface area contributed by atoms with Gasteiger partial charge in [0.25, 0.3) is 0 Å². The van der Waals surface area contributed by atoms with Gasteiger partial charge in [-0.1, -0.05) is 11.6 Å². The van der Waals surface area contributed by atoms with Crippen LogP contribution in [0, 0.1) is 5.82 Å². The quantitative estimate of drug-likeness (QED) is 0.773. The van der Waals surface area contributed by atoms with Crippen LogP contribution in [-0.4, -0.2) is 15.6 Å². The highest BCUT2D eigenvalue weighted by molar-refractivity contribution is 6.31. The van der Waals surface area contributed by atoms with E-state index < -0.39 is 5.97 Å². The molecule has 0 atom stereocenters. The fourth-order valence-electron chi connectivity index (χ4n) is 2.53. The molecule has 0 aliphatic heterocycles. The summed E-state index contributed by atoms with van der Waals surface area (Å²) in [5.41, 5.74) is 2.64. The summed E-state index contributed by atoms with van der Waals surface area (Å²) in [6.45, 7) is 0. The van der Waals surface area contributed by atoms with Crippen molar-refractivity contribution in [1.29, 1.82) is 0 Å². The van der Waals surface area contributed by atoms with Gasteiger partial charge >= 0.3 is 5.97 Å². The predicted octanol–water partition coefficient (Wildman–Crippen LogP) is 4.44. The number of hydrogen-bond donors (Lipinski definition) is 1. The molecular formula is C17H13ClFNO2. The summed E-state index contributed by atoms with van der Waals surface area (Å²) >= 11 is 6.05. The number of rotatable bonds is 4. The molecule has 1 aromatic heterocycles. The molecule has 112 valence electrons. The Labute approximate surface area is 131 Å². The van der Waals surface area contributed by atoms with Crippen molar-refractivity contribution in [2.45, 2.75) is 12.8 Å². The highest BCUT2D eigenvalue weighted by atomic mass is 35.5. The molecule has 0 fully saturated rings. The van der Waals surface area contributed by atoms with E-state index in [0.717, 1.165) is 22.2 Å². The Morgan fingerprint density at radius 1 is 1.18 bits per heavy atom. The van der Waals surface area contributed by atoms with Crippen molar-refractivity contribution < 1.29 is 14.3 Å². The first-order chi connectivity index (χ1) is 10.5. The Balaban J connectivity index is 2.14. The van der Waals surface area contributed by atoms with Crippen LogP contribution in [0.1, 0.15) is 12.0 Å². The number of nitrogens with zero attached hydrogens (tertiary/aromatic N) is 1. The fraction of sp³-hybridized carbons (Fsp3) is 0.118. The third kappa shape index (κ3) is 2.83. The number of hydrogen-bond acceptors (Lipinski definition) is 1. The lowest BCUT2D eigenvalue weighted by molar-refractivity contribution is -0.136. The molecule has 0 aliphatic carbocycles. The Bertz CT molecular complexity index is 840. The molecule has 0 bridgehead atoms. The molecule has 3 aromatic rings. The molecule has 3 rings (SSSR count). The van der Waals surface area contributed by atoms with Crippen LogP contribution in [0.2, 0.25) is 5.02 Å². The van der Waals surface area contributed by atoms with Crippen LogP contribution in [0.4, 0.5) is 4.39 Å². The molecule has 0 spiro atoms. The van der Waals surface area contributed by atoms with Gasteiger partial charge in [-0.05, 0) is 54.4 Å². The topological polar surface area (TPSA) is 42.2 Å². The number of fused-ring (bicyclic) bond motifs is 1. The van der Waals surface area contributed by atoms with E-state index in [1.165, 1.54) is 12.1 Å². The number of halogens is 2. The minimum atomic E-state index is -0.843. The third-order valence-corrected chi connectivity index (χ3v) is 3.80. The van der Waals surface area contributed by atoms with Gasteiger partial charge in [-0.2, -0.15) is 0 Å². The molecule has 2 aromatic carbocycles. The first-order valence-electron chi connectivity index (χ1n) is 6.82. The maximum Gasteiger partial charge on any atom is 0.303 e. The summed E-state index contributed by atoms with van der Waals surface area (Å²) in [7, 11) is 0. The monoisotopic (exact) mass is 317 g/mol. The molecule has 1 N–H and O–H groups in total. The van der Waals surface area contributed by atoms with Gasteiger partial charge in [0, 0.05) is 28.7 Å². The first-order valence-corrected chi connectivity index (χ1v) is 7.19. The Morgan fingerprint density at radius 2 is 1.91 bits per heavy atom. The first kappa shape index (κ1) is 14.6. The van der Waals surface area contributed by atoms with E-state index >= 15 is 0 Å². The lowest BCUT2D eigenvalue weighted by Gasteiger charge is -2.05. The minimum Gasteiger partial charge on any atom is -0.481 e. The van der Waals surface area contributed by atoms with Crippen LogP contribution in [0.3, 0.4) is 0 Å². The molecule has 0 unspecified atom stereocenters. The molecular weight excluding hydrogens is 305 g/mol. The number of carboxylic acid groups (broad SMARTS) is 1. The molecule has 1 heterocycles. The third-order valence-electron chi connectivity index (χ3n) is 3.56. The van der Waals surface area contributed by atoms with Crippen molar-refractivity contribution in [3.05, 3.63) is 65.1 Å². The summed E-state index contributed by atoms with van der Waals surface area (Å²) in [5.74, 6) is -1.14. The number of carbonyl (C=O) groups is 1. The predicted molar refractivity (Wildman–Crippen MR) is 84.2 cm³/mol. The fourth-order valence-corrected chi connectivity index (χ4v) is 2.70. The normalized spacial score (nSPS) is 11.0. The molecule has 0 aliphatic rings. The van der Waals surface area contributed by atoms with Crippen molar-refractivity contribution in [3.63, 3.8) is 0 Å². The summed E-state index contributed by atoms with van der Waals surface area (Å²) < 4.78 is 15.0. The highest BCUT2D eigenvalue weighted by Gasteiger charge is 2.11. The van der Waals surface area contributed by atoms with Crippen molar-refractivity contribution >= 4 is 28.5 Å². The Kier molecular flexibility index (Phi) is 3.86. The van der Waals surface area contributed by atoms with Gasteiger partial charge in [0.1, 0.15) is 5.82 Å². The van der Waals surface area contributed by atoms with Crippen molar-refractivity contribution in [3.8, 4) is 5.69 Å². The largest absolute Gasteiger partial charge is 0.481 e. The van der Waals surface area contributed by atoms with Crippen LogP contribution in [-0.2, 0) is 11.2 Å². The summed E-state index contributed by atoms with van der Waals surface area (Å²) in [6.07, 6.45) is 2.35. The van der Waals surface area contributed by atoms with Gasteiger partial charge in [0.2, 0.25) is 0 Å². The average molecular weight is 318 g/mol. The van der Waals surface area contributed by atoms with Crippen molar-refractivity contribution in [2.24, 2.45) is 0 Å². The van der Waals surface area contributed by atoms with Gasteiger partial charge in [-0.25, -0.2) is 4.39 Å². The number of aromatic nitrogens is 1. The van der Waals surface area contributed by atoms with Gasteiger partial charge in [0.05, 0.1) is 5.52 Å². The van der Waals surface area contributed by atoms with Crippen molar-refractivity contribution in [1.82, 2.24) is 4.57 Å². The van der Waals surface area contributed by atoms with Crippen LogP contribution in [0.15, 0.2) is 48.7 Å². The minimum absolute atomic E-state index is 0.0506. The van der Waals surface area contributed by atoms with Gasteiger partial charge in [0.15, 0.2) is 0 Å². The maximum absolute atomic E-state index is 13.1. The number of benzene rings is 2. The summed E-state index contributed by atoms with van der Waals surface area (Å²) in [6, 6.07) is 11.7. The second-order valence-corrected chi connectivity index (χ2v) is 5.49. The molecule has 5 heteroatoms. The summed E-state index contributed by atoms with van der Waals surface area (Å²) in [5, 5.41) is 10.4. The number of aliphatic carboxylic acids is 1. The van der Waals surface area contributed by atoms with E-state index in [1.54, 1.807) is 18.2 Å². The number of aryl methyl sites for hydroxylation is 1. The standard InChI is InChI=1S/C17H13ClFNO2/c18-12-2-7-16-15(9-12)11(1-8-17(21)22)10-20(16)14-5-3-13(19)4-6-14/h2-7,9-10H,1,8H2,(H,21,22). The molecule has 3 nitrogen and oxygen atoms in total. The van der Waals surface area contributed by atoms with Crippen LogP contribution < -0.4 is 0 Å². The van der Waals surface area contributed by atoms with Crippen LogP contribution >= 0.6 is 11.6 Å². The molecule has 22 heavy (non-hydrogen) atoms. The molecule has 0 radical (unpaired) electrons. The van der Waals surface area contributed by atoms with E-state index in [-0.39, 0.29) is 12.2 Å². The van der Waals surface area contributed by atoms with Crippen LogP contribution in [0.25, 0.3) is 16.6 Å². The smallest absolute Gasteiger partial charge is 0.303 e. The summed E-state index contributed by atoms with van der Waals surface area (Å²) in [4.78, 5) is 10.8. The molecule has 0 saturated heterocycles. The van der Waals surface area contributed by atoms with Crippen LogP contribution in [0.5, 0.6) is 0 Å². The Hall–Kier alpha value is -2.33. The average Bonchev–Trinajstić information content (AvgIpc) is 2.84. The lowest BCUT2D eigenvalue weighted by Crippen LogP contribution is -1.97. The van der Waals surface area contributed by atoms with E-state index in [4.69, 9.17) is 16.7 Å². The zero-order valence-corrected chi connectivity index (χ0v) is 12.3. The zero-order chi connectivity index (χ0) is 15.7. The van der Waals surface area contributed by atoms with E-state index in [0.29, 0.717) is 11.4 Å². The molecule has 0 saturated carbocycles. The SMILES string of the molecule is O=C(O)CCc1cn(-c2ccc(F)cc2)c2ccc(Cl)cc12. The van der Waals surface area contributed by atoms with E-state index in [2.05, 4.69) is 0 Å². The number of carboxylic acids is 1. The second kappa shape index (κ2) is 5.81. The van der Waals surface area contributed by atoms with E-state index in [9.17, 15) is 9.18 Å². The lowest BCUT2D eigenvalue weighted by atomic mass is 10.1. The van der Waals surface area contributed by atoms with Gasteiger partial charge in [-0.15, -0.1) is 0 Å². The molecule has 0 amide bonds. The van der Waals surface area contributed by atoms with Gasteiger partial charge < -0.3 is 9.67 Å². The second-order valence-electron chi connectivity index (χ2n) is 5.06. The van der Waals surface area contributed by atoms with Gasteiger partial charge in [-0.3, -0.25) is 4.79 Å².